The summed E-state index contributed by atoms with van der Waals surface area (Å²) >= 11 is 0. The molecule has 0 aromatic rings. The monoisotopic (exact) mass is 414 g/mol. The summed E-state index contributed by atoms with van der Waals surface area (Å²) in [4.78, 5) is 47.2. The molecule has 0 saturated heterocycles. The smallest absolute Gasteiger partial charge is 0.473 e. The van der Waals surface area contributed by atoms with E-state index >= 15 is 0 Å². The molecule has 0 aliphatic heterocycles. The highest BCUT2D eigenvalue weighted by Crippen LogP contribution is 2.45. The summed E-state index contributed by atoms with van der Waals surface area (Å²) < 4.78 is 33.6. The number of phosphoric acid groups is 2. The van der Waals surface area contributed by atoms with Gasteiger partial charge in [-0.15, -0.1) is 0 Å². The summed E-state index contributed by atoms with van der Waals surface area (Å²) in [5.41, 5.74) is 0. The number of carboxylic acids is 2. The molecule has 8 N–H and O–H groups in total. The number of rotatable bonds is 12. The number of carboxylic acid groups (broad SMARTS) is 2. The first-order valence-corrected chi connectivity index (χ1v) is 9.03. The normalized spacial score (nSPS) is 19.4. The largest absolute Gasteiger partial charge is 0.480 e. The van der Waals surface area contributed by atoms with Crippen LogP contribution in [0.4, 0.5) is 0 Å². The van der Waals surface area contributed by atoms with Crippen LogP contribution in [-0.4, -0.2) is 89.8 Å². The van der Waals surface area contributed by atoms with Gasteiger partial charge in [0.05, 0.1) is 6.61 Å². The third-order valence-corrected chi connectivity index (χ3v) is 3.74. The van der Waals surface area contributed by atoms with Crippen molar-refractivity contribution >= 4 is 27.6 Å². The number of aliphatic hydroxyl groups excluding tert-OH is 3. The van der Waals surface area contributed by atoms with E-state index in [0.29, 0.717) is 0 Å². The number of hydrogen-bond acceptors (Lipinski definition) is 10. The van der Waals surface area contributed by atoms with Gasteiger partial charge in [0.15, 0.2) is 12.7 Å². The highest BCUT2D eigenvalue weighted by atomic mass is 31.2. The van der Waals surface area contributed by atoms with Gasteiger partial charge in [0.2, 0.25) is 0 Å². The average Bonchev–Trinajstić information content (AvgIpc) is 2.46. The highest BCUT2D eigenvalue weighted by Gasteiger charge is 2.42. The van der Waals surface area contributed by atoms with Crippen molar-refractivity contribution in [2.45, 2.75) is 24.4 Å². The molecular formula is C8H16O15P2. The van der Waals surface area contributed by atoms with E-state index in [-0.39, 0.29) is 0 Å². The van der Waals surface area contributed by atoms with Crippen LogP contribution in [0.1, 0.15) is 0 Å². The Morgan fingerprint density at radius 3 is 1.84 bits per heavy atom. The van der Waals surface area contributed by atoms with Crippen molar-refractivity contribution in [1.82, 2.24) is 0 Å². The average molecular weight is 414 g/mol. The van der Waals surface area contributed by atoms with Crippen LogP contribution in [0.15, 0.2) is 0 Å². The molecule has 0 fully saturated rings. The van der Waals surface area contributed by atoms with E-state index in [2.05, 4.69) is 13.6 Å². The molecule has 0 aliphatic carbocycles. The lowest BCUT2D eigenvalue weighted by Gasteiger charge is -2.27. The van der Waals surface area contributed by atoms with Crippen LogP contribution < -0.4 is 0 Å². The summed E-state index contributed by atoms with van der Waals surface area (Å²) in [5, 5.41) is 45.7. The fourth-order valence-electron chi connectivity index (χ4n) is 1.24. The molecule has 0 amide bonds. The van der Waals surface area contributed by atoms with Crippen molar-refractivity contribution in [3.63, 3.8) is 0 Å². The van der Waals surface area contributed by atoms with Crippen LogP contribution in [0.3, 0.4) is 0 Å². The van der Waals surface area contributed by atoms with Crippen molar-refractivity contribution in [2.75, 3.05) is 13.2 Å². The maximum Gasteiger partial charge on any atom is 0.473 e. The van der Waals surface area contributed by atoms with Crippen LogP contribution in [0, 0.1) is 0 Å². The molecule has 0 spiro atoms. The Bertz CT molecular complexity index is 556. The minimum atomic E-state index is -5.29. The van der Waals surface area contributed by atoms with Crippen LogP contribution in [0.25, 0.3) is 0 Å². The van der Waals surface area contributed by atoms with E-state index in [1.165, 1.54) is 0 Å². The van der Waals surface area contributed by atoms with Gasteiger partial charge in [-0.3, -0.25) is 13.6 Å². The summed E-state index contributed by atoms with van der Waals surface area (Å²) in [6.07, 6.45) is -9.95. The molecule has 0 aromatic heterocycles. The maximum absolute atomic E-state index is 11.4. The van der Waals surface area contributed by atoms with E-state index in [1.54, 1.807) is 0 Å². The van der Waals surface area contributed by atoms with E-state index < -0.39 is 65.2 Å². The fraction of sp³-hybridized carbons (Fsp3) is 0.750. The van der Waals surface area contributed by atoms with Crippen LogP contribution in [0.5, 0.6) is 0 Å². The SMILES string of the molecule is O=C(O)COP(=O)(O)O[C@@H](C(=O)O)[C@@H](O)[C@H](O)[C@H](O)COP(=O)(O)O. The summed E-state index contributed by atoms with van der Waals surface area (Å²) in [7, 11) is -10.3. The lowest BCUT2D eigenvalue weighted by atomic mass is 10.0. The van der Waals surface area contributed by atoms with Crippen molar-refractivity contribution in [1.29, 1.82) is 0 Å². The highest BCUT2D eigenvalue weighted by molar-refractivity contribution is 7.47. The predicted molar refractivity (Wildman–Crippen MR) is 71.9 cm³/mol. The van der Waals surface area contributed by atoms with Crippen LogP contribution in [0.2, 0.25) is 0 Å². The molecule has 0 radical (unpaired) electrons. The first-order valence-electron chi connectivity index (χ1n) is 6.01. The Balaban J connectivity index is 5.01. The zero-order chi connectivity index (χ0) is 20.0. The zero-order valence-electron chi connectivity index (χ0n) is 12.1. The van der Waals surface area contributed by atoms with Gasteiger partial charge >= 0.3 is 27.6 Å². The second kappa shape index (κ2) is 9.66. The number of hydrogen-bond donors (Lipinski definition) is 8. The Kier molecular flexibility index (Phi) is 9.29. The van der Waals surface area contributed by atoms with Crippen molar-refractivity contribution in [2.24, 2.45) is 0 Å². The molecule has 148 valence electrons. The second-order valence-electron chi connectivity index (χ2n) is 4.33. The van der Waals surface area contributed by atoms with Crippen LogP contribution in [-0.2, 0) is 32.3 Å². The zero-order valence-corrected chi connectivity index (χ0v) is 13.8. The quantitative estimate of drug-likeness (QED) is 0.147. The van der Waals surface area contributed by atoms with Crippen molar-refractivity contribution in [3.8, 4) is 0 Å². The molecule has 5 atom stereocenters. The molecule has 15 nitrogen and oxygen atoms in total. The number of carbonyl (C=O) groups is 2. The van der Waals surface area contributed by atoms with Crippen molar-refractivity contribution < 1.29 is 72.5 Å². The Labute approximate surface area is 138 Å². The second-order valence-corrected chi connectivity index (χ2v) is 6.98. The van der Waals surface area contributed by atoms with Gasteiger partial charge < -0.3 is 40.2 Å². The van der Waals surface area contributed by atoms with Crippen molar-refractivity contribution in [3.05, 3.63) is 0 Å². The van der Waals surface area contributed by atoms with Gasteiger partial charge in [0.1, 0.15) is 18.3 Å². The minimum Gasteiger partial charge on any atom is -0.480 e. The van der Waals surface area contributed by atoms with Gasteiger partial charge in [-0.05, 0) is 0 Å². The van der Waals surface area contributed by atoms with E-state index in [1.807, 2.05) is 0 Å². The van der Waals surface area contributed by atoms with E-state index in [0.717, 1.165) is 0 Å². The number of aliphatic hydroxyl groups is 3. The molecule has 25 heavy (non-hydrogen) atoms. The van der Waals surface area contributed by atoms with E-state index in [4.69, 9.17) is 24.9 Å². The summed E-state index contributed by atoms with van der Waals surface area (Å²) in [6.45, 7) is -2.58. The standard InChI is InChI=1S/C8H16O15P2/c9-3(1-21-24(16,17)18)5(12)6(13)7(8(14)15)23-25(19,20)22-2-4(10)11/h3,5-7,9,12-13H,1-2H2,(H,10,11)(H,14,15)(H,19,20)(H2,16,17,18)/t3-,5-,6+,7-/m1/s1. The summed E-state index contributed by atoms with van der Waals surface area (Å²) in [6, 6.07) is 0. The fourth-order valence-corrected chi connectivity index (χ4v) is 2.43. The van der Waals surface area contributed by atoms with Gasteiger partial charge in [0, 0.05) is 0 Å². The van der Waals surface area contributed by atoms with Gasteiger partial charge in [0.25, 0.3) is 0 Å². The summed E-state index contributed by atoms with van der Waals surface area (Å²) in [5.74, 6) is -3.81. The van der Waals surface area contributed by atoms with Gasteiger partial charge in [-0.2, -0.15) is 0 Å². The minimum absolute atomic E-state index is 1.23. The lowest BCUT2D eigenvalue weighted by Crippen LogP contribution is -2.49. The topological polar surface area (TPSA) is 258 Å². The maximum atomic E-state index is 11.4. The number of phosphoric ester groups is 2. The first-order chi connectivity index (χ1) is 11.2. The molecule has 0 aliphatic rings. The molecule has 0 aromatic carbocycles. The third-order valence-electron chi connectivity index (χ3n) is 2.31. The molecule has 17 heteroatoms. The molecule has 0 rings (SSSR count). The first kappa shape index (κ1) is 24.0. The molecular weight excluding hydrogens is 398 g/mol. The molecule has 0 saturated carbocycles. The number of aliphatic carboxylic acids is 2. The Hall–Kier alpha value is -0.960. The lowest BCUT2D eigenvalue weighted by molar-refractivity contribution is -0.163. The molecule has 1 unspecified atom stereocenters. The predicted octanol–water partition coefficient (Wildman–Crippen LogP) is -3.15. The van der Waals surface area contributed by atoms with E-state index in [9.17, 15) is 34.0 Å². The molecule has 0 bridgehead atoms. The van der Waals surface area contributed by atoms with Gasteiger partial charge in [-0.1, -0.05) is 0 Å². The third kappa shape index (κ3) is 9.94. The van der Waals surface area contributed by atoms with Gasteiger partial charge in [-0.25, -0.2) is 18.7 Å². The van der Waals surface area contributed by atoms with Crippen LogP contribution >= 0.6 is 15.6 Å². The molecule has 0 heterocycles. The Morgan fingerprint density at radius 1 is 0.920 bits per heavy atom. The Morgan fingerprint density at radius 2 is 1.44 bits per heavy atom.